The van der Waals surface area contributed by atoms with Crippen LogP contribution >= 0.6 is 11.6 Å². The number of nitrogens with two attached hydrogens (primary N) is 1. The van der Waals surface area contributed by atoms with E-state index in [1.165, 1.54) is 6.92 Å². The van der Waals surface area contributed by atoms with E-state index in [0.29, 0.717) is 31.3 Å². The number of amides is 3. The molecule has 0 unspecified atom stereocenters. The van der Waals surface area contributed by atoms with Crippen molar-refractivity contribution in [3.63, 3.8) is 0 Å². The first kappa shape index (κ1) is 41.1. The minimum absolute atomic E-state index is 0.00498. The lowest BCUT2D eigenvalue weighted by molar-refractivity contribution is -0.137. The van der Waals surface area contributed by atoms with Gasteiger partial charge in [0.25, 0.3) is 5.91 Å². The summed E-state index contributed by atoms with van der Waals surface area (Å²) < 4.78 is 45.1. The fraction of sp³-hybridized carbons (Fsp3) is 0.382. The number of aliphatic hydroxyl groups is 1. The molecule has 0 bridgehead atoms. The maximum Gasteiger partial charge on any atom is 0.416 e. The van der Waals surface area contributed by atoms with E-state index in [1.54, 1.807) is 11.8 Å². The van der Waals surface area contributed by atoms with Crippen LogP contribution in [0.25, 0.3) is 0 Å². The number of halogens is 4. The summed E-state index contributed by atoms with van der Waals surface area (Å²) in [5, 5.41) is 27.7. The summed E-state index contributed by atoms with van der Waals surface area (Å²) in [6.07, 6.45) is -2.30. The number of carbonyl (C=O) groups is 3. The van der Waals surface area contributed by atoms with Gasteiger partial charge in [0.15, 0.2) is 5.76 Å². The number of allylic oxidation sites excluding steroid dienone is 3. The molecule has 18 heteroatoms. The highest BCUT2D eigenvalue weighted by Gasteiger charge is 2.32. The van der Waals surface area contributed by atoms with Crippen molar-refractivity contribution in [1.29, 1.82) is 5.41 Å². The number of hydrogen-bond donors (Lipinski definition) is 7. The Morgan fingerprint density at radius 3 is 2.62 bits per heavy atom. The van der Waals surface area contributed by atoms with E-state index in [-0.39, 0.29) is 60.3 Å². The number of hydrazone groups is 1. The Morgan fingerprint density at radius 2 is 1.98 bits per heavy atom. The molecule has 282 valence electrons. The van der Waals surface area contributed by atoms with E-state index in [2.05, 4.69) is 33.3 Å². The first-order valence-electron chi connectivity index (χ1n) is 16.3. The Bertz CT molecular complexity index is 1700. The molecule has 1 aliphatic rings. The number of nitrogens with one attached hydrogen (secondary N) is 5. The fourth-order valence-electron chi connectivity index (χ4n) is 5.27. The van der Waals surface area contributed by atoms with Crippen LogP contribution in [0.15, 0.2) is 64.3 Å². The SMILES string of the molecule is C=NN(CC(=O)Nc1ccc(C(F)(F)F)cc1Cl)C(=O)/C(=C(/CC)NNCc1cccc2c1CCCO2)N(CCNC=O)CCC(=N)/C(O)=C(/C)N. The van der Waals surface area contributed by atoms with Gasteiger partial charge < -0.3 is 41.9 Å². The number of hydrogen-bond acceptors (Lipinski definition) is 11. The second kappa shape index (κ2) is 19.4. The van der Waals surface area contributed by atoms with Crippen LogP contribution in [-0.2, 0) is 33.5 Å². The molecule has 0 aliphatic carbocycles. The van der Waals surface area contributed by atoms with Gasteiger partial charge in [-0.25, -0.2) is 10.4 Å². The van der Waals surface area contributed by atoms with Gasteiger partial charge in [-0.3, -0.25) is 14.4 Å². The molecule has 2 aromatic rings. The molecular formula is C34H43ClF3N9O5. The summed E-state index contributed by atoms with van der Waals surface area (Å²) in [4.78, 5) is 40.1. The van der Waals surface area contributed by atoms with Crippen molar-refractivity contribution in [2.45, 2.75) is 52.3 Å². The molecule has 3 amide bonds. The van der Waals surface area contributed by atoms with Crippen molar-refractivity contribution >= 4 is 47.9 Å². The number of benzene rings is 2. The summed E-state index contributed by atoms with van der Waals surface area (Å²) in [6.45, 7) is 7.00. The monoisotopic (exact) mass is 749 g/mol. The summed E-state index contributed by atoms with van der Waals surface area (Å²) >= 11 is 6.01. The Kier molecular flexibility index (Phi) is 15.3. The molecule has 0 saturated heterocycles. The average Bonchev–Trinajstić information content (AvgIpc) is 3.11. The smallest absolute Gasteiger partial charge is 0.416 e. The molecule has 2 aromatic carbocycles. The number of alkyl halides is 3. The molecule has 14 nitrogen and oxygen atoms in total. The average molecular weight is 750 g/mol. The highest BCUT2D eigenvalue weighted by molar-refractivity contribution is 6.33. The first-order valence-corrected chi connectivity index (χ1v) is 16.6. The van der Waals surface area contributed by atoms with Crippen molar-refractivity contribution in [2.75, 3.05) is 38.1 Å². The van der Waals surface area contributed by atoms with Crippen LogP contribution in [0.2, 0.25) is 5.02 Å². The third kappa shape index (κ3) is 11.4. The van der Waals surface area contributed by atoms with Gasteiger partial charge in [0.2, 0.25) is 12.3 Å². The van der Waals surface area contributed by atoms with Crippen LogP contribution in [-0.4, -0.2) is 78.5 Å². The molecule has 1 aliphatic heterocycles. The predicted octanol–water partition coefficient (Wildman–Crippen LogP) is 4.19. The molecule has 8 N–H and O–H groups in total. The molecule has 0 fully saturated rings. The minimum Gasteiger partial charge on any atom is -0.504 e. The number of hydrazine groups is 1. The van der Waals surface area contributed by atoms with Crippen LogP contribution in [0.4, 0.5) is 18.9 Å². The molecule has 3 rings (SSSR count). The Morgan fingerprint density at radius 1 is 1.23 bits per heavy atom. The third-order valence-electron chi connectivity index (χ3n) is 7.90. The minimum atomic E-state index is -4.65. The van der Waals surface area contributed by atoms with Crippen molar-refractivity contribution in [2.24, 2.45) is 10.8 Å². The molecule has 0 spiro atoms. The van der Waals surface area contributed by atoms with Crippen molar-refractivity contribution in [3.8, 4) is 5.75 Å². The molecular weight excluding hydrogens is 707 g/mol. The van der Waals surface area contributed by atoms with Gasteiger partial charge in [0, 0.05) is 45.0 Å². The molecule has 52 heavy (non-hydrogen) atoms. The summed E-state index contributed by atoms with van der Waals surface area (Å²) in [5.74, 6) is -1.27. The molecule has 0 saturated carbocycles. The maximum atomic E-state index is 14.3. The molecule has 1 heterocycles. The van der Waals surface area contributed by atoms with E-state index in [4.69, 9.17) is 27.5 Å². The third-order valence-corrected chi connectivity index (χ3v) is 8.22. The van der Waals surface area contributed by atoms with Crippen molar-refractivity contribution in [3.05, 3.63) is 81.0 Å². The highest BCUT2D eigenvalue weighted by atomic mass is 35.5. The van der Waals surface area contributed by atoms with E-state index in [9.17, 15) is 32.7 Å². The van der Waals surface area contributed by atoms with E-state index < -0.39 is 35.9 Å². The first-order chi connectivity index (χ1) is 24.7. The lowest BCUT2D eigenvalue weighted by Crippen LogP contribution is -2.45. The summed E-state index contributed by atoms with van der Waals surface area (Å²) in [5.41, 5.74) is 13.0. The van der Waals surface area contributed by atoms with E-state index in [1.807, 2.05) is 18.2 Å². The van der Waals surface area contributed by atoms with Crippen LogP contribution in [0, 0.1) is 5.41 Å². The lowest BCUT2D eigenvalue weighted by Gasteiger charge is -2.31. The van der Waals surface area contributed by atoms with Crippen LogP contribution < -0.4 is 32.0 Å². The van der Waals surface area contributed by atoms with Crippen LogP contribution in [0.1, 0.15) is 49.8 Å². The van der Waals surface area contributed by atoms with Gasteiger partial charge in [-0.15, -0.1) is 0 Å². The summed E-state index contributed by atoms with van der Waals surface area (Å²) in [7, 11) is 0. The number of carbonyl (C=O) groups excluding carboxylic acids is 3. The number of nitrogens with zero attached hydrogens (tertiary/aromatic N) is 3. The van der Waals surface area contributed by atoms with Crippen LogP contribution in [0.5, 0.6) is 5.75 Å². The highest BCUT2D eigenvalue weighted by Crippen LogP contribution is 2.34. The normalized spacial score (nSPS) is 13.3. The second-order valence-electron chi connectivity index (χ2n) is 11.6. The van der Waals surface area contributed by atoms with Crippen molar-refractivity contribution < 1.29 is 37.4 Å². The number of ether oxygens (including phenoxy) is 1. The number of rotatable bonds is 19. The zero-order valence-electron chi connectivity index (χ0n) is 28.8. The molecule has 0 aromatic heterocycles. The molecule has 0 atom stereocenters. The Hall–Kier alpha value is -5.29. The van der Waals surface area contributed by atoms with Gasteiger partial charge in [0.1, 0.15) is 18.0 Å². The Balaban J connectivity index is 1.96. The lowest BCUT2D eigenvalue weighted by atomic mass is 10.00. The number of fused-ring (bicyclic) bond motifs is 1. The van der Waals surface area contributed by atoms with Gasteiger partial charge >= 0.3 is 6.18 Å². The maximum absolute atomic E-state index is 14.3. The van der Waals surface area contributed by atoms with Gasteiger partial charge in [-0.05, 0) is 61.6 Å². The fourth-order valence-corrected chi connectivity index (χ4v) is 5.49. The quantitative estimate of drug-likeness (QED) is 0.0275. The molecule has 0 radical (unpaired) electrons. The van der Waals surface area contributed by atoms with E-state index in [0.717, 1.165) is 46.9 Å². The van der Waals surface area contributed by atoms with Gasteiger partial charge in [-0.1, -0.05) is 30.7 Å². The zero-order valence-corrected chi connectivity index (χ0v) is 29.6. The standard InChI is InChI=1S/C34H43ClF3N9O5/c1-4-27(45-43-18-22-7-5-9-29-24(22)8-6-16-52-29)31(46(15-13-42-20-48)14-12-26(40)32(50)21(2)39)33(51)47(41-3)19-30(49)44-28-11-10-23(17-25(28)35)34(36,37)38/h5,7,9-11,17,20,40,43,45,50H,3-4,6,8,12-16,18-19,39H2,1-2H3,(H,42,48)(H,44,49)/b31-27+,32-21+,40-26?. The largest absolute Gasteiger partial charge is 0.504 e. The number of anilines is 1. The van der Waals surface area contributed by atoms with Crippen LogP contribution in [0.3, 0.4) is 0 Å². The summed E-state index contributed by atoms with van der Waals surface area (Å²) in [6, 6.07) is 8.15. The van der Waals surface area contributed by atoms with Gasteiger partial charge in [0.05, 0.1) is 34.3 Å². The zero-order chi connectivity index (χ0) is 38.4. The van der Waals surface area contributed by atoms with Crippen molar-refractivity contribution in [1.82, 2.24) is 26.1 Å². The van der Waals surface area contributed by atoms with Gasteiger partial charge in [-0.2, -0.15) is 18.3 Å². The Labute approximate surface area is 304 Å². The topological polar surface area (TPSA) is 198 Å². The second-order valence-corrected chi connectivity index (χ2v) is 12.0. The predicted molar refractivity (Wildman–Crippen MR) is 191 cm³/mol. The van der Waals surface area contributed by atoms with E-state index >= 15 is 0 Å². The number of aliphatic hydroxyl groups excluding tert-OH is 1.